The third-order valence-electron chi connectivity index (χ3n) is 6.73. The van der Waals surface area contributed by atoms with Crippen LogP contribution in [0.15, 0.2) is 42.7 Å². The fraction of sp³-hybridized carbons (Fsp3) is 0.357. The lowest BCUT2D eigenvalue weighted by atomic mass is 9.95. The van der Waals surface area contributed by atoms with E-state index in [-0.39, 0.29) is 52.4 Å². The molecular weight excluding hydrogens is 794 g/mol. The molecule has 1 amide bonds. The van der Waals surface area contributed by atoms with Gasteiger partial charge in [0.2, 0.25) is 0 Å². The molecule has 1 atom stereocenters. The molecule has 19 heteroatoms. The highest BCUT2D eigenvalue weighted by molar-refractivity contribution is 14.1. The van der Waals surface area contributed by atoms with Crippen molar-refractivity contribution in [3.05, 3.63) is 85.1 Å². The Hall–Kier alpha value is -3.26. The fourth-order valence-electron chi connectivity index (χ4n) is 4.48. The molecule has 47 heavy (non-hydrogen) atoms. The van der Waals surface area contributed by atoms with Gasteiger partial charge in [0.1, 0.15) is 5.69 Å². The number of benzene rings is 1. The minimum atomic E-state index is -6.56. The van der Waals surface area contributed by atoms with Crippen LogP contribution in [0.4, 0.5) is 30.7 Å². The van der Waals surface area contributed by atoms with Gasteiger partial charge in [-0.2, -0.15) is 47.6 Å². The molecule has 0 saturated heterocycles. The number of carbonyl (C=O) groups excluding carboxylic acids is 2. The monoisotopic (exact) mass is 817 g/mol. The predicted molar refractivity (Wildman–Crippen MR) is 168 cm³/mol. The van der Waals surface area contributed by atoms with E-state index < -0.39 is 36.0 Å². The summed E-state index contributed by atoms with van der Waals surface area (Å²) in [7, 11) is 0. The van der Waals surface area contributed by atoms with Gasteiger partial charge < -0.3 is 5.32 Å². The largest absolute Gasteiger partial charge is 0.460 e. The first-order chi connectivity index (χ1) is 21.9. The van der Waals surface area contributed by atoms with Crippen molar-refractivity contribution in [2.45, 2.75) is 50.9 Å². The summed E-state index contributed by atoms with van der Waals surface area (Å²) >= 11 is 9.93. The van der Waals surface area contributed by atoms with Gasteiger partial charge in [-0.15, -0.1) is 5.10 Å². The SMILES string of the molecule is CSC[C@H](C)NC(=O)c1cc(I)cc(C)c1CC(=O)c1cc(Cn2cc(C(F)(F)C(F)(F)C(F)(F)F)nn2)nn1-c1ncccc1Cl. The van der Waals surface area contributed by atoms with Crippen molar-refractivity contribution < 1.29 is 40.3 Å². The number of aromatic nitrogens is 6. The van der Waals surface area contributed by atoms with Crippen molar-refractivity contribution in [3.8, 4) is 5.82 Å². The van der Waals surface area contributed by atoms with Crippen molar-refractivity contribution in [3.63, 3.8) is 0 Å². The van der Waals surface area contributed by atoms with Crippen LogP contribution in [0.1, 0.15) is 50.3 Å². The third-order valence-corrected chi connectivity index (χ3v) is 8.49. The number of pyridine rings is 1. The molecule has 1 aromatic carbocycles. The van der Waals surface area contributed by atoms with Crippen molar-refractivity contribution in [1.82, 2.24) is 35.1 Å². The minimum Gasteiger partial charge on any atom is -0.349 e. The number of amides is 1. The zero-order valence-electron chi connectivity index (χ0n) is 24.5. The molecule has 3 heterocycles. The number of carbonyl (C=O) groups is 2. The van der Waals surface area contributed by atoms with Gasteiger partial charge in [0.05, 0.1) is 23.5 Å². The van der Waals surface area contributed by atoms with Crippen LogP contribution in [0.2, 0.25) is 5.02 Å². The minimum absolute atomic E-state index is 0.00240. The molecule has 0 fully saturated rings. The highest BCUT2D eigenvalue weighted by Crippen LogP contribution is 2.51. The molecular formula is C28H24ClF7IN7O2S. The Morgan fingerprint density at radius 3 is 2.47 bits per heavy atom. The quantitative estimate of drug-likeness (QED) is 0.0968. The number of thioether (sulfide) groups is 1. The Morgan fingerprint density at radius 1 is 1.13 bits per heavy atom. The topological polar surface area (TPSA) is 108 Å². The third kappa shape index (κ3) is 7.74. The van der Waals surface area contributed by atoms with Gasteiger partial charge in [0.15, 0.2) is 17.3 Å². The Morgan fingerprint density at radius 2 is 1.83 bits per heavy atom. The molecule has 0 radical (unpaired) electrons. The van der Waals surface area contributed by atoms with Gasteiger partial charge in [-0.05, 0) is 84.2 Å². The second-order valence-electron chi connectivity index (χ2n) is 10.4. The van der Waals surface area contributed by atoms with Crippen LogP contribution in [0.5, 0.6) is 0 Å². The van der Waals surface area contributed by atoms with Gasteiger partial charge >= 0.3 is 18.0 Å². The molecule has 0 aliphatic heterocycles. The first-order valence-electron chi connectivity index (χ1n) is 13.4. The van der Waals surface area contributed by atoms with Gasteiger partial charge in [-0.3, -0.25) is 9.59 Å². The summed E-state index contributed by atoms with van der Waals surface area (Å²) in [4.78, 5) is 31.3. The van der Waals surface area contributed by atoms with E-state index in [1.165, 1.54) is 24.4 Å². The van der Waals surface area contributed by atoms with Crippen LogP contribution in [0.3, 0.4) is 0 Å². The molecule has 1 N–H and O–H groups in total. The number of ketones is 1. The molecule has 0 spiro atoms. The van der Waals surface area contributed by atoms with Gasteiger partial charge in [0, 0.05) is 33.5 Å². The number of alkyl halides is 7. The van der Waals surface area contributed by atoms with E-state index in [1.54, 1.807) is 30.8 Å². The highest BCUT2D eigenvalue weighted by atomic mass is 127. The maximum atomic E-state index is 14.2. The van der Waals surface area contributed by atoms with Crippen LogP contribution in [0.25, 0.3) is 5.82 Å². The Balaban J connectivity index is 1.71. The molecule has 9 nitrogen and oxygen atoms in total. The summed E-state index contributed by atoms with van der Waals surface area (Å²) in [6.45, 7) is 3.02. The van der Waals surface area contributed by atoms with Crippen LogP contribution in [-0.4, -0.2) is 71.6 Å². The number of nitrogens with one attached hydrogen (secondary N) is 1. The first kappa shape index (κ1) is 36.6. The Bertz CT molecular complexity index is 1800. The lowest BCUT2D eigenvalue weighted by Gasteiger charge is -2.26. The van der Waals surface area contributed by atoms with E-state index in [9.17, 15) is 40.3 Å². The average molecular weight is 818 g/mol. The Kier molecular flexibility index (Phi) is 11.0. The number of aryl methyl sites for hydroxylation is 1. The van der Waals surface area contributed by atoms with Crippen LogP contribution in [0, 0.1) is 10.5 Å². The molecule has 3 aromatic heterocycles. The Labute approximate surface area is 285 Å². The average Bonchev–Trinajstić information content (AvgIpc) is 3.62. The molecule has 4 aromatic rings. The van der Waals surface area contributed by atoms with Gasteiger partial charge in [0.25, 0.3) is 5.91 Å². The summed E-state index contributed by atoms with van der Waals surface area (Å²) in [6, 6.07) is 7.50. The molecule has 4 rings (SSSR count). The maximum Gasteiger partial charge on any atom is 0.460 e. The van der Waals surface area contributed by atoms with Crippen molar-refractivity contribution in [2.75, 3.05) is 12.0 Å². The number of halogens is 9. The second kappa shape index (κ2) is 14.1. The summed E-state index contributed by atoms with van der Waals surface area (Å²) in [5, 5.41) is 13.4. The van der Waals surface area contributed by atoms with Crippen molar-refractivity contribution in [2.24, 2.45) is 0 Å². The standard InChI is InChI=1S/C28H24ClF7IN7O2S/c1-14-7-16(37)8-19(25(46)39-15(2)13-47-3)18(14)10-22(45)21-9-17(41-44(21)24-20(29)5-4-6-38-24)11-43-12-23(40-42-43)26(30,31)27(32,33)28(34,35)36/h4-9,12,15H,10-11,13H2,1-3H3,(H,39,46)/t15-/m0/s1. The maximum absolute atomic E-state index is 14.2. The number of rotatable bonds is 12. The lowest BCUT2D eigenvalue weighted by Crippen LogP contribution is -2.50. The number of nitrogens with zero attached hydrogens (tertiary/aromatic N) is 6. The number of Topliss-reactive ketones (excluding diaryl/α,β-unsaturated/α-hetero) is 1. The lowest BCUT2D eigenvalue weighted by molar-refractivity contribution is -0.360. The number of hydrogen-bond donors (Lipinski definition) is 1. The summed E-state index contributed by atoms with van der Waals surface area (Å²) in [5.41, 5.74) is -0.712. The molecule has 252 valence electrons. The zero-order valence-corrected chi connectivity index (χ0v) is 28.3. The highest BCUT2D eigenvalue weighted by Gasteiger charge is 2.74. The van der Waals surface area contributed by atoms with Crippen LogP contribution >= 0.6 is 46.0 Å². The van der Waals surface area contributed by atoms with Gasteiger partial charge in [-0.25, -0.2) is 14.3 Å². The van der Waals surface area contributed by atoms with E-state index in [2.05, 4.69) is 48.3 Å². The van der Waals surface area contributed by atoms with Crippen molar-refractivity contribution >= 4 is 57.6 Å². The van der Waals surface area contributed by atoms with E-state index in [0.717, 1.165) is 8.25 Å². The predicted octanol–water partition coefficient (Wildman–Crippen LogP) is 6.67. The molecule has 0 saturated carbocycles. The van der Waals surface area contributed by atoms with Crippen LogP contribution < -0.4 is 5.32 Å². The summed E-state index contributed by atoms with van der Waals surface area (Å²) in [6.07, 6.45) is -3.35. The molecule has 0 unspecified atom stereocenters. The summed E-state index contributed by atoms with van der Waals surface area (Å²) in [5.74, 6) is -12.4. The van der Waals surface area contributed by atoms with E-state index in [1.807, 2.05) is 13.2 Å². The van der Waals surface area contributed by atoms with Crippen molar-refractivity contribution in [1.29, 1.82) is 0 Å². The normalized spacial score (nSPS) is 13.1. The second-order valence-corrected chi connectivity index (χ2v) is 12.9. The van der Waals surface area contributed by atoms with E-state index >= 15 is 0 Å². The first-order valence-corrected chi connectivity index (χ1v) is 16.3. The van der Waals surface area contributed by atoms with E-state index in [0.29, 0.717) is 21.6 Å². The molecule has 0 aliphatic rings. The molecule has 0 aliphatic carbocycles. The van der Waals surface area contributed by atoms with E-state index in [4.69, 9.17) is 11.6 Å². The zero-order chi connectivity index (χ0) is 34.9. The van der Waals surface area contributed by atoms with Gasteiger partial charge in [-0.1, -0.05) is 16.8 Å². The summed E-state index contributed by atoms with van der Waals surface area (Å²) < 4.78 is 95.9. The smallest absolute Gasteiger partial charge is 0.349 e. The fourth-order valence-corrected chi connectivity index (χ4v) is 6.04. The molecule has 0 bridgehead atoms. The van der Waals surface area contributed by atoms with Crippen LogP contribution in [-0.2, 0) is 18.9 Å². The number of hydrogen-bond acceptors (Lipinski definition) is 7.